The average molecular weight is 444 g/mol. The largest absolute Gasteiger partial charge is 0.478 e. The molecule has 0 unspecified atom stereocenters. The molecule has 1 heterocycles. The van der Waals surface area contributed by atoms with E-state index in [0.29, 0.717) is 28.1 Å². The molecule has 0 atom stereocenters. The number of hydrogen-bond acceptors (Lipinski definition) is 6. The summed E-state index contributed by atoms with van der Waals surface area (Å²) in [5.41, 5.74) is 4.19. The maximum absolute atomic E-state index is 12.1. The SMILES string of the molecule is CCn1c(SCC(=O)NN=Cc2ccc(C(=O)O)cc2)nnc1-c1ccc(Cl)cc1. The van der Waals surface area contributed by atoms with Crippen molar-refractivity contribution in [3.63, 3.8) is 0 Å². The fraction of sp³-hybridized carbons (Fsp3) is 0.150. The second-order valence-corrected chi connectivity index (χ2v) is 7.45. The number of aromatic nitrogens is 3. The molecule has 30 heavy (non-hydrogen) atoms. The van der Waals surface area contributed by atoms with Crippen LogP contribution in [0.25, 0.3) is 11.4 Å². The Morgan fingerprint density at radius 1 is 1.17 bits per heavy atom. The second kappa shape index (κ2) is 10.0. The van der Waals surface area contributed by atoms with Gasteiger partial charge in [-0.05, 0) is 48.9 Å². The number of amides is 1. The number of nitrogens with one attached hydrogen (secondary N) is 1. The molecule has 2 N–H and O–H groups in total. The Morgan fingerprint density at radius 2 is 1.87 bits per heavy atom. The molecule has 0 aliphatic rings. The fourth-order valence-electron chi connectivity index (χ4n) is 2.55. The molecule has 0 fully saturated rings. The number of hydrazone groups is 1. The Kier molecular flexibility index (Phi) is 7.21. The lowest BCUT2D eigenvalue weighted by molar-refractivity contribution is -0.118. The lowest BCUT2D eigenvalue weighted by atomic mass is 10.1. The number of carboxylic acids is 1. The van der Waals surface area contributed by atoms with Crippen LogP contribution < -0.4 is 5.43 Å². The summed E-state index contributed by atoms with van der Waals surface area (Å²) >= 11 is 7.20. The summed E-state index contributed by atoms with van der Waals surface area (Å²) in [4.78, 5) is 22.9. The van der Waals surface area contributed by atoms with Gasteiger partial charge in [-0.3, -0.25) is 4.79 Å². The molecule has 0 bridgehead atoms. The molecule has 1 aromatic heterocycles. The van der Waals surface area contributed by atoms with Crippen LogP contribution in [0.5, 0.6) is 0 Å². The minimum Gasteiger partial charge on any atom is -0.478 e. The maximum atomic E-state index is 12.1. The summed E-state index contributed by atoms with van der Waals surface area (Å²) in [5.74, 6) is -0.464. The molecular formula is C20H18ClN5O3S. The van der Waals surface area contributed by atoms with E-state index in [0.717, 1.165) is 5.56 Å². The predicted octanol–water partition coefficient (Wildman–Crippen LogP) is 3.56. The van der Waals surface area contributed by atoms with Gasteiger partial charge in [-0.2, -0.15) is 5.10 Å². The Bertz CT molecular complexity index is 1070. The zero-order valence-corrected chi connectivity index (χ0v) is 17.5. The van der Waals surface area contributed by atoms with Crippen LogP contribution in [0.1, 0.15) is 22.8 Å². The van der Waals surface area contributed by atoms with Crippen LogP contribution in [0.2, 0.25) is 5.02 Å². The van der Waals surface area contributed by atoms with Crippen LogP contribution in [-0.2, 0) is 11.3 Å². The van der Waals surface area contributed by atoms with Crippen molar-refractivity contribution >= 4 is 41.5 Å². The van der Waals surface area contributed by atoms with Gasteiger partial charge in [-0.1, -0.05) is 35.5 Å². The Balaban J connectivity index is 1.57. The normalized spacial score (nSPS) is 11.0. The molecule has 10 heteroatoms. The van der Waals surface area contributed by atoms with Crippen molar-refractivity contribution in [1.82, 2.24) is 20.2 Å². The van der Waals surface area contributed by atoms with Gasteiger partial charge in [0.2, 0.25) is 0 Å². The molecule has 0 aliphatic carbocycles. The third kappa shape index (κ3) is 5.46. The van der Waals surface area contributed by atoms with Gasteiger partial charge in [0.1, 0.15) is 0 Å². The van der Waals surface area contributed by atoms with Crippen LogP contribution in [0.4, 0.5) is 0 Å². The zero-order chi connectivity index (χ0) is 21.5. The molecular weight excluding hydrogens is 426 g/mol. The van der Waals surface area contributed by atoms with Crippen molar-refractivity contribution < 1.29 is 14.7 Å². The summed E-state index contributed by atoms with van der Waals surface area (Å²) in [7, 11) is 0. The lowest BCUT2D eigenvalue weighted by Crippen LogP contribution is -2.20. The van der Waals surface area contributed by atoms with Gasteiger partial charge in [0.15, 0.2) is 11.0 Å². The van der Waals surface area contributed by atoms with Gasteiger partial charge in [0.05, 0.1) is 17.5 Å². The van der Waals surface area contributed by atoms with Crippen molar-refractivity contribution in [2.24, 2.45) is 5.10 Å². The highest BCUT2D eigenvalue weighted by molar-refractivity contribution is 7.99. The third-order valence-electron chi connectivity index (χ3n) is 4.03. The quantitative estimate of drug-likeness (QED) is 0.313. The van der Waals surface area contributed by atoms with Crippen molar-refractivity contribution in [3.05, 3.63) is 64.7 Å². The van der Waals surface area contributed by atoms with Gasteiger partial charge in [0.25, 0.3) is 5.91 Å². The molecule has 2 aromatic carbocycles. The standard InChI is InChI=1S/C20H18ClN5O3S/c1-2-26-18(14-7-9-16(21)10-8-14)24-25-20(26)30-12-17(27)23-22-11-13-3-5-15(6-4-13)19(28)29/h3-11H,2,12H2,1H3,(H,23,27)(H,28,29). The van der Waals surface area contributed by atoms with Crippen molar-refractivity contribution in [2.75, 3.05) is 5.75 Å². The third-order valence-corrected chi connectivity index (χ3v) is 5.25. The van der Waals surface area contributed by atoms with Crippen LogP contribution in [0.3, 0.4) is 0 Å². The Hall–Kier alpha value is -3.17. The number of carboxylic acid groups (broad SMARTS) is 1. The molecule has 0 saturated heterocycles. The molecule has 8 nitrogen and oxygen atoms in total. The van der Waals surface area contributed by atoms with E-state index >= 15 is 0 Å². The van der Waals surface area contributed by atoms with Crippen molar-refractivity contribution in [3.8, 4) is 11.4 Å². The number of aromatic carboxylic acids is 1. The minimum atomic E-state index is -0.997. The number of rotatable bonds is 8. The molecule has 154 valence electrons. The zero-order valence-electron chi connectivity index (χ0n) is 15.9. The summed E-state index contributed by atoms with van der Waals surface area (Å²) < 4.78 is 1.93. The molecule has 3 aromatic rings. The molecule has 0 aliphatic heterocycles. The molecule has 0 spiro atoms. The van der Waals surface area contributed by atoms with Gasteiger partial charge < -0.3 is 9.67 Å². The highest BCUT2D eigenvalue weighted by Crippen LogP contribution is 2.24. The number of hydrogen-bond donors (Lipinski definition) is 2. The van der Waals surface area contributed by atoms with Crippen LogP contribution in [0.15, 0.2) is 58.8 Å². The van der Waals surface area contributed by atoms with Crippen molar-refractivity contribution in [1.29, 1.82) is 0 Å². The first kappa shape index (κ1) is 21.5. The first-order chi connectivity index (χ1) is 14.5. The number of thioether (sulfide) groups is 1. The van der Waals surface area contributed by atoms with Gasteiger partial charge in [0, 0.05) is 17.1 Å². The van der Waals surface area contributed by atoms with E-state index in [-0.39, 0.29) is 17.2 Å². The Morgan fingerprint density at radius 3 is 2.50 bits per heavy atom. The van der Waals surface area contributed by atoms with Gasteiger partial charge in [-0.25, -0.2) is 10.2 Å². The van der Waals surface area contributed by atoms with Crippen LogP contribution in [-0.4, -0.2) is 43.7 Å². The van der Waals surface area contributed by atoms with E-state index in [1.165, 1.54) is 30.1 Å². The summed E-state index contributed by atoms with van der Waals surface area (Å²) in [5, 5.41) is 22.5. The summed E-state index contributed by atoms with van der Waals surface area (Å²) in [6.07, 6.45) is 1.45. The highest BCUT2D eigenvalue weighted by atomic mass is 35.5. The van der Waals surface area contributed by atoms with E-state index in [1.807, 2.05) is 23.6 Å². The molecule has 3 rings (SSSR count). The number of halogens is 1. The molecule has 1 amide bonds. The van der Waals surface area contributed by atoms with Crippen LogP contribution >= 0.6 is 23.4 Å². The van der Waals surface area contributed by atoms with Crippen LogP contribution in [0, 0.1) is 0 Å². The monoisotopic (exact) mass is 443 g/mol. The fourth-order valence-corrected chi connectivity index (χ4v) is 3.47. The molecule has 0 radical (unpaired) electrons. The smallest absolute Gasteiger partial charge is 0.335 e. The predicted molar refractivity (Wildman–Crippen MR) is 116 cm³/mol. The van der Waals surface area contributed by atoms with Crippen molar-refractivity contribution in [2.45, 2.75) is 18.6 Å². The Labute approximate surface area is 182 Å². The summed E-state index contributed by atoms with van der Waals surface area (Å²) in [6.45, 7) is 2.63. The second-order valence-electron chi connectivity index (χ2n) is 6.07. The van der Waals surface area contributed by atoms with Gasteiger partial charge in [-0.15, -0.1) is 10.2 Å². The lowest BCUT2D eigenvalue weighted by Gasteiger charge is -2.07. The maximum Gasteiger partial charge on any atom is 0.335 e. The van der Waals surface area contributed by atoms with E-state index in [4.69, 9.17) is 16.7 Å². The average Bonchev–Trinajstić information content (AvgIpc) is 3.16. The van der Waals surface area contributed by atoms with E-state index in [1.54, 1.807) is 24.3 Å². The summed E-state index contributed by atoms with van der Waals surface area (Å²) in [6, 6.07) is 13.5. The topological polar surface area (TPSA) is 109 Å². The van der Waals surface area contributed by atoms with Gasteiger partial charge >= 0.3 is 5.97 Å². The first-order valence-corrected chi connectivity index (χ1v) is 10.3. The number of nitrogens with zero attached hydrogens (tertiary/aromatic N) is 4. The number of benzene rings is 2. The van der Waals surface area contributed by atoms with E-state index < -0.39 is 5.97 Å². The number of carbonyl (C=O) groups excluding carboxylic acids is 1. The molecule has 0 saturated carbocycles. The number of carbonyl (C=O) groups is 2. The first-order valence-electron chi connectivity index (χ1n) is 8.95. The van der Waals surface area contributed by atoms with E-state index in [9.17, 15) is 9.59 Å². The minimum absolute atomic E-state index is 0.119. The van der Waals surface area contributed by atoms with E-state index in [2.05, 4.69) is 20.7 Å². The highest BCUT2D eigenvalue weighted by Gasteiger charge is 2.14.